The van der Waals surface area contributed by atoms with Crippen molar-refractivity contribution < 1.29 is 35.9 Å². The number of alkyl halides is 3. The van der Waals surface area contributed by atoms with E-state index in [0.29, 0.717) is 42.7 Å². The average Bonchev–Trinajstić information content (AvgIpc) is 3.92. The van der Waals surface area contributed by atoms with Gasteiger partial charge in [0.25, 0.3) is 0 Å². The lowest BCUT2D eigenvalue weighted by molar-refractivity contribution is -0.154. The van der Waals surface area contributed by atoms with Crippen LogP contribution in [0.1, 0.15) is 85.1 Å². The van der Waals surface area contributed by atoms with Gasteiger partial charge in [0.15, 0.2) is 22.2 Å². The maximum Gasteiger partial charge on any atom is 0.422 e. The number of nitrogens with zero attached hydrogens (tertiary/aromatic N) is 3. The predicted molar refractivity (Wildman–Crippen MR) is 166 cm³/mol. The van der Waals surface area contributed by atoms with Crippen LogP contribution in [-0.2, 0) is 26.6 Å². The summed E-state index contributed by atoms with van der Waals surface area (Å²) in [5, 5.41) is 3.49. The summed E-state index contributed by atoms with van der Waals surface area (Å²) in [6, 6.07) is 13.6. The van der Waals surface area contributed by atoms with Crippen LogP contribution in [-0.4, -0.2) is 58.7 Å². The summed E-state index contributed by atoms with van der Waals surface area (Å²) in [7, 11) is -3.30. The monoisotopic (exact) mass is 678 g/mol. The van der Waals surface area contributed by atoms with E-state index in [9.17, 15) is 31.2 Å². The van der Waals surface area contributed by atoms with Crippen molar-refractivity contribution in [2.75, 3.05) is 17.7 Å². The van der Waals surface area contributed by atoms with E-state index in [1.54, 1.807) is 36.4 Å². The number of Topliss-reactive ketones (excluding diaryl/α,β-unsaturated/α-hetero) is 2. The minimum atomic E-state index is -4.57. The van der Waals surface area contributed by atoms with Crippen molar-refractivity contribution in [1.82, 2.24) is 15.0 Å². The third-order valence-corrected chi connectivity index (χ3v) is 10.4. The molecule has 2 saturated carbocycles. The highest BCUT2D eigenvalue weighted by molar-refractivity contribution is 7.93. The number of sulfone groups is 1. The SMILES string of the molecule is O=C(CCCCCC(=O)c1ccc(Cc2nc(NC3(c4ccc(Cl)cc4)CC3)nc(OCC(F)(F)F)n2)cc1)CS(=O)(=O)C1CC1. The molecule has 0 unspecified atom stereocenters. The molecule has 1 N–H and O–H groups in total. The second-order valence-corrected chi connectivity index (χ2v) is 14.6. The summed E-state index contributed by atoms with van der Waals surface area (Å²) in [6.07, 6.45) is 0.620. The molecule has 0 spiro atoms. The van der Waals surface area contributed by atoms with E-state index in [2.05, 4.69) is 20.3 Å². The lowest BCUT2D eigenvalue weighted by Crippen LogP contribution is -2.23. The number of hydrogen-bond donors (Lipinski definition) is 1. The number of nitrogens with one attached hydrogen (secondary N) is 1. The minimum absolute atomic E-state index is 0.0689. The van der Waals surface area contributed by atoms with Crippen molar-refractivity contribution in [2.24, 2.45) is 0 Å². The number of ether oxygens (including phenoxy) is 1. The number of aromatic nitrogens is 3. The van der Waals surface area contributed by atoms with Gasteiger partial charge in [-0.3, -0.25) is 9.59 Å². The first-order valence-electron chi connectivity index (χ1n) is 15.1. The molecule has 2 aliphatic carbocycles. The molecule has 0 aliphatic heterocycles. The zero-order valence-corrected chi connectivity index (χ0v) is 26.6. The normalized spacial score (nSPS) is 15.7. The minimum Gasteiger partial charge on any atom is -0.454 e. The van der Waals surface area contributed by atoms with E-state index in [1.807, 2.05) is 12.1 Å². The number of anilines is 1. The lowest BCUT2D eigenvalue weighted by Gasteiger charge is -2.19. The molecule has 246 valence electrons. The number of benzene rings is 2. The molecule has 1 aromatic heterocycles. The molecule has 46 heavy (non-hydrogen) atoms. The molecular formula is C32H34ClF3N4O5S. The van der Waals surface area contributed by atoms with Gasteiger partial charge >= 0.3 is 12.2 Å². The Kier molecular flexibility index (Phi) is 10.3. The first-order valence-corrected chi connectivity index (χ1v) is 17.2. The summed E-state index contributed by atoms with van der Waals surface area (Å²) in [6.45, 7) is -1.55. The lowest BCUT2D eigenvalue weighted by atomic mass is 10.0. The molecule has 5 rings (SSSR count). The van der Waals surface area contributed by atoms with Crippen LogP contribution in [0.25, 0.3) is 0 Å². The van der Waals surface area contributed by atoms with E-state index in [4.69, 9.17) is 16.3 Å². The molecular weight excluding hydrogens is 645 g/mol. The van der Waals surface area contributed by atoms with Gasteiger partial charge in [-0.15, -0.1) is 0 Å². The van der Waals surface area contributed by atoms with E-state index < -0.39 is 39.9 Å². The van der Waals surface area contributed by atoms with Gasteiger partial charge in [0.1, 0.15) is 17.4 Å². The van der Waals surface area contributed by atoms with Gasteiger partial charge < -0.3 is 10.1 Å². The molecule has 2 aromatic carbocycles. The fraction of sp³-hybridized carbons (Fsp3) is 0.469. The molecule has 2 aliphatic rings. The zero-order valence-electron chi connectivity index (χ0n) is 25.0. The molecule has 0 bridgehead atoms. The molecule has 9 nitrogen and oxygen atoms in total. The average molecular weight is 679 g/mol. The standard InChI is InChI=1S/C32H34ClF3N4O5S/c33-24-12-10-23(11-13-24)31(16-17-31)40-29-37-28(38-30(39-29)45-20-32(34,35)36)18-21-6-8-22(9-7-21)27(42)5-3-1-2-4-25(41)19-46(43,44)26-14-15-26/h6-13,26H,1-5,14-20H2,(H,37,38,39,40). The molecule has 0 radical (unpaired) electrons. The van der Waals surface area contributed by atoms with Crippen LogP contribution in [0.5, 0.6) is 6.01 Å². The van der Waals surface area contributed by atoms with Crippen LogP contribution in [0.3, 0.4) is 0 Å². The Morgan fingerprint density at radius 2 is 1.61 bits per heavy atom. The van der Waals surface area contributed by atoms with Crippen LogP contribution in [0.15, 0.2) is 48.5 Å². The Balaban J connectivity index is 1.16. The quantitative estimate of drug-likeness (QED) is 0.127. The molecule has 0 atom stereocenters. The highest BCUT2D eigenvalue weighted by Crippen LogP contribution is 2.48. The van der Waals surface area contributed by atoms with Crippen molar-refractivity contribution in [2.45, 2.75) is 81.2 Å². The summed E-state index contributed by atoms with van der Waals surface area (Å²) in [4.78, 5) is 37.3. The molecule has 3 aromatic rings. The second kappa shape index (κ2) is 14.0. The van der Waals surface area contributed by atoms with E-state index in [-0.39, 0.29) is 47.9 Å². The zero-order chi connectivity index (χ0) is 33.0. The Labute approximate surface area is 270 Å². The number of carbonyl (C=O) groups excluding carboxylic acids is 2. The highest BCUT2D eigenvalue weighted by atomic mass is 35.5. The van der Waals surface area contributed by atoms with Gasteiger partial charge in [0, 0.05) is 29.8 Å². The second-order valence-electron chi connectivity index (χ2n) is 11.9. The van der Waals surface area contributed by atoms with Gasteiger partial charge in [-0.05, 0) is 61.8 Å². The molecule has 2 fully saturated rings. The highest BCUT2D eigenvalue weighted by Gasteiger charge is 2.45. The summed E-state index contributed by atoms with van der Waals surface area (Å²) in [5.41, 5.74) is 1.71. The fourth-order valence-electron chi connectivity index (χ4n) is 5.10. The summed E-state index contributed by atoms with van der Waals surface area (Å²) in [5.74, 6) is -0.451. The van der Waals surface area contributed by atoms with Crippen LogP contribution in [0.2, 0.25) is 5.02 Å². The van der Waals surface area contributed by atoms with Crippen molar-refractivity contribution in [3.05, 3.63) is 76.1 Å². The van der Waals surface area contributed by atoms with E-state index in [1.165, 1.54) is 0 Å². The van der Waals surface area contributed by atoms with Crippen molar-refractivity contribution >= 4 is 39.0 Å². The van der Waals surface area contributed by atoms with Gasteiger partial charge in [-0.2, -0.15) is 28.1 Å². The Bertz CT molecular complexity index is 1660. The van der Waals surface area contributed by atoms with E-state index in [0.717, 1.165) is 24.0 Å². The van der Waals surface area contributed by atoms with Gasteiger partial charge in [0.2, 0.25) is 5.95 Å². The fourth-order valence-corrected chi connectivity index (χ4v) is 6.91. The van der Waals surface area contributed by atoms with Crippen LogP contribution < -0.4 is 10.1 Å². The summed E-state index contributed by atoms with van der Waals surface area (Å²) < 4.78 is 67.4. The number of hydrogen-bond acceptors (Lipinski definition) is 9. The maximum absolute atomic E-state index is 12.9. The van der Waals surface area contributed by atoms with E-state index >= 15 is 0 Å². The number of ketones is 2. The third kappa shape index (κ3) is 9.71. The topological polar surface area (TPSA) is 128 Å². The first-order chi connectivity index (χ1) is 21.8. The maximum atomic E-state index is 12.9. The number of rotatable bonds is 17. The van der Waals surface area contributed by atoms with Gasteiger partial charge in [0.05, 0.1) is 10.8 Å². The molecule has 0 saturated heterocycles. The Morgan fingerprint density at radius 3 is 2.24 bits per heavy atom. The van der Waals surface area contributed by atoms with Crippen LogP contribution >= 0.6 is 11.6 Å². The van der Waals surface area contributed by atoms with Gasteiger partial charge in [-0.25, -0.2) is 8.42 Å². The third-order valence-electron chi connectivity index (χ3n) is 7.92. The van der Waals surface area contributed by atoms with Crippen molar-refractivity contribution in [3.8, 4) is 6.01 Å². The first kappa shape index (κ1) is 33.8. The Morgan fingerprint density at radius 1 is 0.935 bits per heavy atom. The number of halogens is 4. The number of carbonyl (C=O) groups is 2. The number of unbranched alkanes of at least 4 members (excludes halogenated alkanes) is 2. The van der Waals surface area contributed by atoms with Crippen molar-refractivity contribution in [3.63, 3.8) is 0 Å². The summed E-state index contributed by atoms with van der Waals surface area (Å²) >= 11 is 6.02. The van der Waals surface area contributed by atoms with Crippen molar-refractivity contribution in [1.29, 1.82) is 0 Å². The predicted octanol–water partition coefficient (Wildman–Crippen LogP) is 6.44. The largest absolute Gasteiger partial charge is 0.454 e. The molecule has 14 heteroatoms. The Hall–Kier alpha value is -3.58. The van der Waals surface area contributed by atoms with Crippen LogP contribution in [0, 0.1) is 0 Å². The smallest absolute Gasteiger partial charge is 0.422 e. The van der Waals surface area contributed by atoms with Gasteiger partial charge in [-0.1, -0.05) is 54.4 Å². The molecule has 0 amide bonds. The van der Waals surface area contributed by atoms with Crippen LogP contribution in [0.4, 0.5) is 19.1 Å². The molecule has 1 heterocycles.